The van der Waals surface area contributed by atoms with Gasteiger partial charge >= 0.3 is 0 Å². The maximum absolute atomic E-state index is 12.6. The highest BCUT2D eigenvalue weighted by molar-refractivity contribution is 5.95. The van der Waals surface area contributed by atoms with Gasteiger partial charge in [-0.15, -0.1) is 0 Å². The van der Waals surface area contributed by atoms with Crippen LogP contribution in [-0.2, 0) is 0 Å². The van der Waals surface area contributed by atoms with Crippen LogP contribution in [0, 0.1) is 11.3 Å². The second kappa shape index (κ2) is 9.09. The second-order valence-electron chi connectivity index (χ2n) is 6.66. The molecule has 0 atom stereocenters. The van der Waals surface area contributed by atoms with E-state index >= 15 is 0 Å². The molecule has 1 aliphatic rings. The molecule has 1 aromatic carbocycles. The van der Waals surface area contributed by atoms with Crippen molar-refractivity contribution in [1.82, 2.24) is 10.3 Å². The van der Waals surface area contributed by atoms with E-state index in [0.29, 0.717) is 28.5 Å². The Morgan fingerprint density at radius 2 is 1.79 bits per heavy atom. The Balaban J connectivity index is 1.52. The van der Waals surface area contributed by atoms with Gasteiger partial charge < -0.3 is 19.5 Å². The van der Waals surface area contributed by atoms with E-state index in [1.165, 1.54) is 6.20 Å². The van der Waals surface area contributed by atoms with E-state index in [1.54, 1.807) is 44.6 Å². The third-order valence-electron chi connectivity index (χ3n) is 4.78. The molecule has 0 radical (unpaired) electrons. The number of hydrogen-bond acceptors (Lipinski definition) is 6. The number of methoxy groups -OCH3 is 2. The first-order chi connectivity index (χ1) is 13.6. The first-order valence-electron chi connectivity index (χ1n) is 9.18. The molecule has 0 unspecified atom stereocenters. The topological polar surface area (TPSA) is 93.5 Å². The molecular formula is C21H23N3O4. The molecule has 1 amide bonds. The first-order valence-corrected chi connectivity index (χ1v) is 9.18. The quantitative estimate of drug-likeness (QED) is 0.826. The predicted octanol–water partition coefficient (Wildman–Crippen LogP) is 3.09. The van der Waals surface area contributed by atoms with Crippen molar-refractivity contribution < 1.29 is 19.0 Å². The van der Waals surface area contributed by atoms with Crippen LogP contribution in [0.1, 0.15) is 41.6 Å². The third-order valence-corrected chi connectivity index (χ3v) is 4.78. The number of benzene rings is 1. The lowest BCUT2D eigenvalue weighted by atomic mass is 9.92. The van der Waals surface area contributed by atoms with Crippen molar-refractivity contribution in [2.24, 2.45) is 0 Å². The minimum atomic E-state index is -0.143. The van der Waals surface area contributed by atoms with Gasteiger partial charge in [0.25, 0.3) is 5.91 Å². The van der Waals surface area contributed by atoms with Crippen molar-refractivity contribution in [2.45, 2.75) is 37.8 Å². The van der Waals surface area contributed by atoms with Crippen molar-refractivity contribution >= 4 is 5.91 Å². The van der Waals surface area contributed by atoms with Crippen molar-refractivity contribution in [3.63, 3.8) is 0 Å². The highest BCUT2D eigenvalue weighted by Crippen LogP contribution is 2.25. The van der Waals surface area contributed by atoms with Gasteiger partial charge in [0.1, 0.15) is 23.7 Å². The van der Waals surface area contributed by atoms with E-state index in [0.717, 1.165) is 25.7 Å². The van der Waals surface area contributed by atoms with E-state index in [9.17, 15) is 4.79 Å². The Morgan fingerprint density at radius 1 is 1.11 bits per heavy atom. The minimum absolute atomic E-state index is 0.0606. The van der Waals surface area contributed by atoms with Gasteiger partial charge in [0.15, 0.2) is 0 Å². The number of nitrogens with zero attached hydrogens (tertiary/aromatic N) is 2. The lowest BCUT2D eigenvalue weighted by Gasteiger charge is -2.29. The zero-order valence-electron chi connectivity index (χ0n) is 16.0. The molecule has 7 heteroatoms. The number of hydrogen-bond donors (Lipinski definition) is 1. The average molecular weight is 381 g/mol. The molecule has 146 valence electrons. The summed E-state index contributed by atoms with van der Waals surface area (Å²) < 4.78 is 16.3. The van der Waals surface area contributed by atoms with Gasteiger partial charge in [-0.1, -0.05) is 0 Å². The van der Waals surface area contributed by atoms with Crippen LogP contribution in [-0.4, -0.2) is 37.3 Å². The molecule has 2 aromatic rings. The fourth-order valence-electron chi connectivity index (χ4n) is 3.22. The molecule has 1 aromatic heterocycles. The molecule has 1 N–H and O–H groups in total. The minimum Gasteiger partial charge on any atom is -0.497 e. The Hall–Kier alpha value is -3.27. The molecule has 1 heterocycles. The summed E-state index contributed by atoms with van der Waals surface area (Å²) in [6, 6.07) is 10.7. The fraction of sp³-hybridized carbons (Fsp3) is 0.381. The van der Waals surface area contributed by atoms with E-state index in [4.69, 9.17) is 19.5 Å². The van der Waals surface area contributed by atoms with E-state index in [2.05, 4.69) is 10.3 Å². The lowest BCUT2D eigenvalue weighted by Crippen LogP contribution is -2.39. The maximum atomic E-state index is 12.6. The number of carbonyl (C=O) groups excluding carboxylic acids is 1. The monoisotopic (exact) mass is 381 g/mol. The van der Waals surface area contributed by atoms with E-state index < -0.39 is 0 Å². The zero-order chi connectivity index (χ0) is 19.9. The Labute approximate surface area is 164 Å². The summed E-state index contributed by atoms with van der Waals surface area (Å²) in [4.78, 5) is 16.7. The normalized spacial score (nSPS) is 18.6. The van der Waals surface area contributed by atoms with Crippen LogP contribution < -0.4 is 19.5 Å². The van der Waals surface area contributed by atoms with Crippen LogP contribution in [0.5, 0.6) is 17.4 Å². The molecule has 0 aliphatic heterocycles. The van der Waals surface area contributed by atoms with Crippen LogP contribution in [0.25, 0.3) is 0 Å². The molecule has 0 spiro atoms. The Morgan fingerprint density at radius 3 is 2.32 bits per heavy atom. The number of amides is 1. The maximum Gasteiger partial charge on any atom is 0.251 e. The summed E-state index contributed by atoms with van der Waals surface area (Å²) >= 11 is 0. The summed E-state index contributed by atoms with van der Waals surface area (Å²) in [6.07, 6.45) is 4.87. The molecule has 1 saturated carbocycles. The average Bonchev–Trinajstić information content (AvgIpc) is 2.75. The highest BCUT2D eigenvalue weighted by Gasteiger charge is 2.24. The molecule has 28 heavy (non-hydrogen) atoms. The number of nitriles is 1. The predicted molar refractivity (Wildman–Crippen MR) is 103 cm³/mol. The lowest BCUT2D eigenvalue weighted by molar-refractivity contribution is 0.0889. The molecule has 0 bridgehead atoms. The van der Waals surface area contributed by atoms with Gasteiger partial charge in [-0.2, -0.15) is 5.26 Å². The van der Waals surface area contributed by atoms with Crippen LogP contribution >= 0.6 is 0 Å². The van der Waals surface area contributed by atoms with Crippen molar-refractivity contribution in [3.05, 3.63) is 47.7 Å². The summed E-state index contributed by atoms with van der Waals surface area (Å²) in [7, 11) is 3.11. The number of pyridine rings is 1. The summed E-state index contributed by atoms with van der Waals surface area (Å²) in [6.45, 7) is 0. The van der Waals surface area contributed by atoms with Gasteiger partial charge in [-0.05, 0) is 43.9 Å². The Kier molecular flexibility index (Phi) is 6.33. The largest absolute Gasteiger partial charge is 0.497 e. The van der Waals surface area contributed by atoms with Gasteiger partial charge in [-0.3, -0.25) is 4.79 Å². The van der Waals surface area contributed by atoms with Crippen LogP contribution in [0.3, 0.4) is 0 Å². The number of ether oxygens (including phenoxy) is 3. The van der Waals surface area contributed by atoms with Gasteiger partial charge in [0, 0.05) is 29.9 Å². The van der Waals surface area contributed by atoms with Crippen LogP contribution in [0.15, 0.2) is 36.5 Å². The van der Waals surface area contributed by atoms with Crippen molar-refractivity contribution in [3.8, 4) is 23.4 Å². The van der Waals surface area contributed by atoms with Crippen LogP contribution in [0.4, 0.5) is 0 Å². The summed E-state index contributed by atoms with van der Waals surface area (Å²) in [5, 5.41) is 11.9. The Bertz CT molecular complexity index is 831. The number of rotatable bonds is 6. The van der Waals surface area contributed by atoms with Crippen LogP contribution in [0.2, 0.25) is 0 Å². The SMILES string of the molecule is COc1cc(OC)cc(C(=O)NC2CCC(Oc3ccc(C#N)cn3)CC2)c1. The molecule has 3 rings (SSSR count). The smallest absolute Gasteiger partial charge is 0.251 e. The van der Waals surface area contributed by atoms with Crippen molar-refractivity contribution in [2.75, 3.05) is 14.2 Å². The fourth-order valence-corrected chi connectivity index (χ4v) is 3.22. The second-order valence-corrected chi connectivity index (χ2v) is 6.66. The summed E-state index contributed by atoms with van der Waals surface area (Å²) in [5.74, 6) is 1.54. The van der Waals surface area contributed by atoms with Gasteiger partial charge in [0.05, 0.1) is 19.8 Å². The molecule has 1 fully saturated rings. The molecule has 1 aliphatic carbocycles. The number of aromatic nitrogens is 1. The van der Waals surface area contributed by atoms with Crippen molar-refractivity contribution in [1.29, 1.82) is 5.26 Å². The third kappa shape index (κ3) is 4.92. The number of nitrogens with one attached hydrogen (secondary N) is 1. The number of carbonyl (C=O) groups is 1. The van der Waals surface area contributed by atoms with Gasteiger partial charge in [-0.25, -0.2) is 4.98 Å². The van der Waals surface area contributed by atoms with E-state index in [-0.39, 0.29) is 18.1 Å². The zero-order valence-corrected chi connectivity index (χ0v) is 16.0. The van der Waals surface area contributed by atoms with E-state index in [1.807, 2.05) is 6.07 Å². The highest BCUT2D eigenvalue weighted by atomic mass is 16.5. The van der Waals surface area contributed by atoms with Gasteiger partial charge in [0.2, 0.25) is 5.88 Å². The standard InChI is InChI=1S/C21H23N3O4/c1-26-18-9-15(10-19(11-18)27-2)21(25)24-16-4-6-17(7-5-16)28-20-8-3-14(12-22)13-23-20/h3,8-11,13,16-17H,4-7H2,1-2H3,(H,24,25). The molecular weight excluding hydrogens is 358 g/mol. The first kappa shape index (κ1) is 19.5. The summed E-state index contributed by atoms with van der Waals surface area (Å²) in [5.41, 5.74) is 1.02. The molecule has 0 saturated heterocycles. The molecule has 7 nitrogen and oxygen atoms in total.